The number of ether oxygens (including phenoxy) is 1. The van der Waals surface area contributed by atoms with Gasteiger partial charge in [-0.2, -0.15) is 8.42 Å². The first kappa shape index (κ1) is 29.6. The fraction of sp³-hybridized carbons (Fsp3) is 0.950. The van der Waals surface area contributed by atoms with E-state index in [2.05, 4.69) is 6.92 Å². The van der Waals surface area contributed by atoms with Crippen molar-refractivity contribution in [3.05, 3.63) is 0 Å². The van der Waals surface area contributed by atoms with Crippen LogP contribution >= 0.6 is 0 Å². The Balaban J connectivity index is 0. The van der Waals surface area contributed by atoms with Crippen LogP contribution in [0, 0.1) is 0 Å². The molecule has 0 aromatic rings. The van der Waals surface area contributed by atoms with Crippen molar-refractivity contribution in [3.8, 4) is 0 Å². The van der Waals surface area contributed by atoms with E-state index in [9.17, 15) is 13.2 Å². The molecule has 0 aromatic heterocycles. The van der Waals surface area contributed by atoms with Crippen LogP contribution in [0.3, 0.4) is 0 Å². The Labute approximate surface area is 189 Å². The van der Waals surface area contributed by atoms with E-state index in [1.54, 1.807) is 0 Å². The van der Waals surface area contributed by atoms with Crippen LogP contribution < -0.4 is 0 Å². The van der Waals surface area contributed by atoms with Gasteiger partial charge in [-0.15, -0.1) is 0 Å². The second kappa shape index (κ2) is 21.1. The summed E-state index contributed by atoms with van der Waals surface area (Å²) in [5.74, 6) is -1.83. The molecule has 0 rings (SSSR count). The van der Waals surface area contributed by atoms with Crippen molar-refractivity contribution in [2.45, 2.75) is 110 Å². The fourth-order valence-corrected chi connectivity index (χ4v) is 3.41. The normalized spacial score (nSPS) is 11.2. The van der Waals surface area contributed by atoms with Crippen LogP contribution in [0.25, 0.3) is 0 Å². The van der Waals surface area contributed by atoms with Gasteiger partial charge in [0.15, 0.2) is 5.75 Å². The first-order valence-corrected chi connectivity index (χ1v) is 12.2. The van der Waals surface area contributed by atoms with Gasteiger partial charge in [0.2, 0.25) is 0 Å². The standard InChI is InChI=1S/C20H40O5S.Na.H/c1-2-3-4-5-6-7-8-9-10-11-12-13-14-15-16-17-18-25-20(21)19-26(22,23)24;;/h2-19H2,1H3,(H,22,23,24);;. The SMILES string of the molecule is CCCCCCCCCCCCCCCCCCOC(=O)CS(=O)(=O)O.[NaH]. The molecule has 7 heteroatoms. The molecule has 0 atom stereocenters. The summed E-state index contributed by atoms with van der Waals surface area (Å²) in [5.41, 5.74) is 0. The predicted octanol–water partition coefficient (Wildman–Crippen LogP) is 5.03. The Morgan fingerprint density at radius 1 is 0.704 bits per heavy atom. The number of rotatable bonds is 19. The zero-order valence-electron chi connectivity index (χ0n) is 16.7. The third-order valence-corrected chi connectivity index (χ3v) is 5.16. The van der Waals surface area contributed by atoms with E-state index in [0.717, 1.165) is 19.3 Å². The summed E-state index contributed by atoms with van der Waals surface area (Å²) >= 11 is 0. The molecule has 5 nitrogen and oxygen atoms in total. The number of unbranched alkanes of at least 4 members (excludes halogenated alkanes) is 15. The van der Waals surface area contributed by atoms with Crippen molar-refractivity contribution in [3.63, 3.8) is 0 Å². The van der Waals surface area contributed by atoms with Crippen LogP contribution in [0.15, 0.2) is 0 Å². The Morgan fingerprint density at radius 2 is 1.04 bits per heavy atom. The molecule has 0 spiro atoms. The molecule has 0 heterocycles. The molecule has 27 heavy (non-hydrogen) atoms. The van der Waals surface area contributed by atoms with Gasteiger partial charge in [-0.05, 0) is 6.42 Å². The quantitative estimate of drug-likeness (QED) is 0.138. The summed E-state index contributed by atoms with van der Waals surface area (Å²) in [7, 11) is -4.27. The third kappa shape index (κ3) is 26.4. The zero-order valence-corrected chi connectivity index (χ0v) is 17.5. The van der Waals surface area contributed by atoms with Crippen molar-refractivity contribution in [2.75, 3.05) is 12.4 Å². The Bertz CT molecular complexity index is 426. The fourth-order valence-electron chi connectivity index (χ4n) is 3.03. The summed E-state index contributed by atoms with van der Waals surface area (Å²) in [6, 6.07) is 0. The number of esters is 1. The average molecular weight is 417 g/mol. The molecule has 0 amide bonds. The summed E-state index contributed by atoms with van der Waals surface area (Å²) in [4.78, 5) is 11.1. The van der Waals surface area contributed by atoms with Crippen molar-refractivity contribution >= 4 is 45.6 Å². The number of hydrogen-bond acceptors (Lipinski definition) is 4. The van der Waals surface area contributed by atoms with Gasteiger partial charge in [-0.1, -0.05) is 103 Å². The molecule has 0 saturated carbocycles. The summed E-state index contributed by atoms with van der Waals surface area (Å²) in [6.07, 6.45) is 20.4. The van der Waals surface area contributed by atoms with Gasteiger partial charge in [0, 0.05) is 0 Å². The van der Waals surface area contributed by atoms with E-state index in [1.165, 1.54) is 83.5 Å². The maximum atomic E-state index is 11.1. The molecule has 0 saturated heterocycles. The summed E-state index contributed by atoms with van der Waals surface area (Å²) < 4.78 is 34.2. The Hall–Kier alpha value is 0.380. The molecular weight excluding hydrogens is 375 g/mol. The molecule has 0 aliphatic rings. The second-order valence-electron chi connectivity index (χ2n) is 7.25. The van der Waals surface area contributed by atoms with Gasteiger partial charge >= 0.3 is 35.5 Å². The van der Waals surface area contributed by atoms with E-state index in [1.807, 2.05) is 0 Å². The van der Waals surface area contributed by atoms with Crippen LogP contribution in [0.2, 0.25) is 0 Å². The third-order valence-electron chi connectivity index (χ3n) is 4.56. The minimum atomic E-state index is -4.27. The molecule has 0 aliphatic carbocycles. The molecule has 0 aliphatic heterocycles. The zero-order chi connectivity index (χ0) is 19.5. The molecular formula is C20H41NaO5S. The monoisotopic (exact) mass is 416 g/mol. The summed E-state index contributed by atoms with van der Waals surface area (Å²) in [6.45, 7) is 2.49. The molecule has 0 unspecified atom stereocenters. The maximum absolute atomic E-state index is 11.1. The first-order chi connectivity index (χ1) is 12.5. The van der Waals surface area contributed by atoms with E-state index in [-0.39, 0.29) is 36.2 Å². The number of hydrogen-bond donors (Lipinski definition) is 1. The van der Waals surface area contributed by atoms with E-state index >= 15 is 0 Å². The van der Waals surface area contributed by atoms with E-state index < -0.39 is 21.8 Å². The van der Waals surface area contributed by atoms with Gasteiger partial charge in [-0.3, -0.25) is 9.35 Å². The van der Waals surface area contributed by atoms with Crippen molar-refractivity contribution < 1.29 is 22.5 Å². The van der Waals surface area contributed by atoms with Crippen LogP contribution in [-0.2, 0) is 19.6 Å². The van der Waals surface area contributed by atoms with Gasteiger partial charge in [0.25, 0.3) is 10.1 Å². The van der Waals surface area contributed by atoms with Gasteiger partial charge < -0.3 is 4.74 Å². The van der Waals surface area contributed by atoms with Crippen LogP contribution in [0.5, 0.6) is 0 Å². The molecule has 0 aromatic carbocycles. The number of carbonyl (C=O) groups excluding carboxylic acids is 1. The van der Waals surface area contributed by atoms with Gasteiger partial charge in [0.05, 0.1) is 6.61 Å². The Morgan fingerprint density at radius 3 is 1.37 bits per heavy atom. The molecule has 0 bridgehead atoms. The molecule has 0 radical (unpaired) electrons. The van der Waals surface area contributed by atoms with Crippen molar-refractivity contribution in [1.29, 1.82) is 0 Å². The van der Waals surface area contributed by atoms with Crippen LogP contribution in [-0.4, -0.2) is 60.9 Å². The topological polar surface area (TPSA) is 80.7 Å². The first-order valence-electron chi connectivity index (χ1n) is 10.6. The average Bonchev–Trinajstić information content (AvgIpc) is 2.56. The predicted molar refractivity (Wildman–Crippen MR) is 114 cm³/mol. The van der Waals surface area contributed by atoms with Crippen LogP contribution in [0.1, 0.15) is 110 Å². The minimum absolute atomic E-state index is 0. The molecule has 1 N–H and O–H groups in total. The van der Waals surface area contributed by atoms with E-state index in [0.29, 0.717) is 0 Å². The summed E-state index contributed by atoms with van der Waals surface area (Å²) in [5, 5.41) is 0. The molecule has 158 valence electrons. The van der Waals surface area contributed by atoms with Crippen molar-refractivity contribution in [1.82, 2.24) is 0 Å². The Kier molecular flexibility index (Phi) is 23.1. The molecule has 0 fully saturated rings. The second-order valence-corrected chi connectivity index (χ2v) is 8.70. The van der Waals surface area contributed by atoms with E-state index in [4.69, 9.17) is 9.29 Å². The van der Waals surface area contributed by atoms with Gasteiger partial charge in [0.1, 0.15) is 0 Å². The number of carbonyl (C=O) groups is 1. The van der Waals surface area contributed by atoms with Crippen molar-refractivity contribution in [2.24, 2.45) is 0 Å². The van der Waals surface area contributed by atoms with Crippen LogP contribution in [0.4, 0.5) is 0 Å². The van der Waals surface area contributed by atoms with Gasteiger partial charge in [-0.25, -0.2) is 0 Å².